The fourth-order valence-electron chi connectivity index (χ4n) is 3.37. The smallest absolute Gasteiger partial charge is 0.0595 e. The van der Waals surface area contributed by atoms with Crippen molar-refractivity contribution in [2.24, 2.45) is 5.92 Å². The summed E-state index contributed by atoms with van der Waals surface area (Å²) in [5.74, 6) is 0.815. The van der Waals surface area contributed by atoms with Crippen molar-refractivity contribution >= 4 is 23.2 Å². The van der Waals surface area contributed by atoms with E-state index in [0.29, 0.717) is 15.5 Å². The van der Waals surface area contributed by atoms with Crippen LogP contribution in [-0.2, 0) is 5.41 Å². The first-order valence-electron chi connectivity index (χ1n) is 5.76. The van der Waals surface area contributed by atoms with E-state index in [1.165, 1.54) is 24.9 Å². The van der Waals surface area contributed by atoms with Crippen LogP contribution < -0.4 is 0 Å². The summed E-state index contributed by atoms with van der Waals surface area (Å²) in [6.07, 6.45) is 2.64. The predicted octanol–water partition coefficient (Wildman–Crippen LogP) is 3.59. The molecule has 1 aliphatic carbocycles. The minimum Gasteiger partial charge on any atom is -0.305 e. The third-order valence-corrected chi connectivity index (χ3v) is 5.04. The molecule has 2 unspecified atom stereocenters. The summed E-state index contributed by atoms with van der Waals surface area (Å²) >= 11 is 12.1. The van der Waals surface area contributed by atoms with Gasteiger partial charge in [0, 0.05) is 18.5 Å². The summed E-state index contributed by atoms with van der Waals surface area (Å²) in [6, 6.07) is 6.15. The molecule has 1 aromatic carbocycles. The summed E-state index contributed by atoms with van der Waals surface area (Å²) in [4.78, 5) is 2.43. The van der Waals surface area contributed by atoms with Crippen LogP contribution in [0.2, 0.25) is 10.0 Å². The third-order valence-electron chi connectivity index (χ3n) is 4.30. The van der Waals surface area contributed by atoms with Gasteiger partial charge in [-0.2, -0.15) is 0 Å². The molecule has 1 heterocycles. The lowest BCUT2D eigenvalue weighted by molar-refractivity contribution is 0.182. The van der Waals surface area contributed by atoms with E-state index in [-0.39, 0.29) is 0 Å². The van der Waals surface area contributed by atoms with Crippen molar-refractivity contribution in [3.05, 3.63) is 33.8 Å². The van der Waals surface area contributed by atoms with Gasteiger partial charge in [-0.15, -0.1) is 0 Å². The maximum atomic E-state index is 6.12. The summed E-state index contributed by atoms with van der Waals surface area (Å²) in [6.45, 7) is 2.38. The number of likely N-dealkylation sites (tertiary alicyclic amines) is 1. The molecule has 16 heavy (non-hydrogen) atoms. The van der Waals surface area contributed by atoms with Crippen LogP contribution in [0.3, 0.4) is 0 Å². The first-order valence-corrected chi connectivity index (χ1v) is 6.51. The minimum atomic E-state index is 0.364. The lowest BCUT2D eigenvalue weighted by Crippen LogP contribution is -2.43. The van der Waals surface area contributed by atoms with E-state index < -0.39 is 0 Å². The topological polar surface area (TPSA) is 3.24 Å². The van der Waals surface area contributed by atoms with Crippen LogP contribution in [-0.4, -0.2) is 25.0 Å². The second kappa shape index (κ2) is 3.63. The molecule has 86 valence electrons. The fraction of sp³-hybridized carbons (Fsp3) is 0.538. The molecule has 2 aliphatic rings. The van der Waals surface area contributed by atoms with Crippen molar-refractivity contribution in [2.75, 3.05) is 20.1 Å². The number of likely N-dealkylation sites (N-methyl/N-ethyl adjacent to an activating group) is 1. The Bertz CT molecular complexity index is 432. The number of hydrogen-bond donors (Lipinski definition) is 0. The van der Waals surface area contributed by atoms with Crippen LogP contribution >= 0.6 is 23.2 Å². The van der Waals surface area contributed by atoms with Crippen LogP contribution in [0.5, 0.6) is 0 Å². The van der Waals surface area contributed by atoms with E-state index in [4.69, 9.17) is 23.2 Å². The predicted molar refractivity (Wildman–Crippen MR) is 68.4 cm³/mol. The number of benzene rings is 1. The van der Waals surface area contributed by atoms with E-state index in [0.717, 1.165) is 12.5 Å². The number of fused-ring (bicyclic) bond motifs is 1. The van der Waals surface area contributed by atoms with Gasteiger partial charge in [0.15, 0.2) is 0 Å². The highest BCUT2D eigenvalue weighted by atomic mass is 35.5. The Kier molecular flexibility index (Phi) is 2.47. The van der Waals surface area contributed by atoms with Gasteiger partial charge in [0.25, 0.3) is 0 Å². The van der Waals surface area contributed by atoms with Crippen LogP contribution in [0, 0.1) is 5.92 Å². The molecule has 1 aromatic rings. The average Bonchev–Trinajstić information content (AvgIpc) is 2.46. The monoisotopic (exact) mass is 255 g/mol. The largest absolute Gasteiger partial charge is 0.305 e. The van der Waals surface area contributed by atoms with Crippen molar-refractivity contribution in [1.29, 1.82) is 0 Å². The average molecular weight is 256 g/mol. The zero-order valence-corrected chi connectivity index (χ0v) is 10.9. The molecular formula is C13H15Cl2N. The van der Waals surface area contributed by atoms with Gasteiger partial charge in [-0.05, 0) is 43.5 Å². The van der Waals surface area contributed by atoms with E-state index in [9.17, 15) is 0 Å². The number of halogens is 2. The van der Waals surface area contributed by atoms with Crippen LogP contribution in [0.1, 0.15) is 18.4 Å². The van der Waals surface area contributed by atoms with Crippen LogP contribution in [0.15, 0.2) is 18.2 Å². The Hall–Kier alpha value is -0.240. The van der Waals surface area contributed by atoms with Gasteiger partial charge in [-0.25, -0.2) is 0 Å². The molecule has 0 N–H and O–H groups in total. The quantitative estimate of drug-likeness (QED) is 0.742. The highest BCUT2D eigenvalue weighted by molar-refractivity contribution is 6.42. The molecule has 2 fully saturated rings. The lowest BCUT2D eigenvalue weighted by Gasteiger charge is -2.45. The van der Waals surface area contributed by atoms with E-state index in [2.05, 4.69) is 24.1 Å². The molecule has 2 atom stereocenters. The number of nitrogens with zero attached hydrogens (tertiary/aromatic N) is 1. The highest BCUT2D eigenvalue weighted by Crippen LogP contribution is 2.53. The van der Waals surface area contributed by atoms with E-state index >= 15 is 0 Å². The maximum Gasteiger partial charge on any atom is 0.0595 e. The molecule has 1 nitrogen and oxygen atoms in total. The van der Waals surface area contributed by atoms with Gasteiger partial charge >= 0.3 is 0 Å². The normalized spacial score (nSPS) is 33.6. The molecule has 0 aromatic heterocycles. The van der Waals surface area contributed by atoms with Gasteiger partial charge in [0.2, 0.25) is 0 Å². The number of rotatable bonds is 1. The Labute approximate surface area is 106 Å². The zero-order chi connectivity index (χ0) is 11.3. The number of hydrogen-bond acceptors (Lipinski definition) is 1. The fourth-order valence-corrected chi connectivity index (χ4v) is 3.67. The molecule has 3 rings (SSSR count). The van der Waals surface area contributed by atoms with Gasteiger partial charge in [0.1, 0.15) is 0 Å². The van der Waals surface area contributed by atoms with Gasteiger partial charge < -0.3 is 4.90 Å². The molecule has 0 radical (unpaired) electrons. The first kappa shape index (κ1) is 10.9. The van der Waals surface area contributed by atoms with Crippen molar-refractivity contribution in [1.82, 2.24) is 4.90 Å². The second-order valence-electron chi connectivity index (χ2n) is 5.22. The Morgan fingerprint density at radius 3 is 2.69 bits per heavy atom. The van der Waals surface area contributed by atoms with Gasteiger partial charge in [0.05, 0.1) is 10.0 Å². The highest BCUT2D eigenvalue weighted by Gasteiger charge is 2.52. The Morgan fingerprint density at radius 1 is 1.31 bits per heavy atom. The SMILES string of the molecule is CN1CC2CCC2(c2ccc(Cl)c(Cl)c2)C1. The molecule has 0 bridgehead atoms. The lowest BCUT2D eigenvalue weighted by atomic mass is 9.59. The van der Waals surface area contributed by atoms with Crippen molar-refractivity contribution in [3.63, 3.8) is 0 Å². The Balaban J connectivity index is 2.00. The summed E-state index contributed by atoms with van der Waals surface area (Å²) in [7, 11) is 2.21. The van der Waals surface area contributed by atoms with Crippen LogP contribution in [0.4, 0.5) is 0 Å². The van der Waals surface area contributed by atoms with E-state index in [1.807, 2.05) is 6.07 Å². The summed E-state index contributed by atoms with van der Waals surface area (Å²) in [5, 5.41) is 1.35. The standard InChI is InChI=1S/C13H15Cl2N/c1-16-7-10-4-5-13(10,8-16)9-2-3-11(14)12(15)6-9/h2-3,6,10H,4-5,7-8H2,1H3. The molecule has 0 spiro atoms. The van der Waals surface area contributed by atoms with Crippen molar-refractivity contribution in [3.8, 4) is 0 Å². The maximum absolute atomic E-state index is 6.12. The van der Waals surface area contributed by atoms with Crippen molar-refractivity contribution in [2.45, 2.75) is 18.3 Å². The van der Waals surface area contributed by atoms with Crippen molar-refractivity contribution < 1.29 is 0 Å². The second-order valence-corrected chi connectivity index (χ2v) is 6.03. The molecule has 1 aliphatic heterocycles. The third kappa shape index (κ3) is 1.42. The minimum absolute atomic E-state index is 0.364. The zero-order valence-electron chi connectivity index (χ0n) is 9.34. The molecule has 1 saturated heterocycles. The Morgan fingerprint density at radius 2 is 2.12 bits per heavy atom. The molecule has 0 amide bonds. The molecule has 1 saturated carbocycles. The summed E-state index contributed by atoms with van der Waals surface area (Å²) < 4.78 is 0. The van der Waals surface area contributed by atoms with Gasteiger partial charge in [-0.3, -0.25) is 0 Å². The first-order chi connectivity index (χ1) is 7.62. The van der Waals surface area contributed by atoms with Gasteiger partial charge in [-0.1, -0.05) is 29.3 Å². The molecular weight excluding hydrogens is 241 g/mol. The van der Waals surface area contributed by atoms with E-state index in [1.54, 1.807) is 0 Å². The summed E-state index contributed by atoms with van der Waals surface area (Å²) in [5.41, 5.74) is 1.74. The molecule has 3 heteroatoms. The van der Waals surface area contributed by atoms with Crippen LogP contribution in [0.25, 0.3) is 0 Å².